The number of fused-ring (bicyclic) bond motifs is 1. The summed E-state index contributed by atoms with van der Waals surface area (Å²) in [5.74, 6) is 8.57. The Morgan fingerprint density at radius 3 is 2.02 bits per heavy atom. The first kappa shape index (κ1) is 25.3. The second-order valence-corrected chi connectivity index (χ2v) is 13.1. The van der Waals surface area contributed by atoms with Gasteiger partial charge in [-0.2, -0.15) is 0 Å². The molecular formula is C34H34N6O2. The molecule has 2 aliphatic heterocycles. The molecule has 2 aliphatic carbocycles. The van der Waals surface area contributed by atoms with Crippen molar-refractivity contribution in [2.45, 2.75) is 64.5 Å². The normalized spacial score (nSPS) is 23.0. The molecule has 42 heavy (non-hydrogen) atoms. The van der Waals surface area contributed by atoms with Gasteiger partial charge in [-0.15, -0.1) is 0 Å². The van der Waals surface area contributed by atoms with Crippen LogP contribution in [-0.2, 0) is 9.59 Å². The lowest BCUT2D eigenvalue weighted by molar-refractivity contribution is -0.130. The summed E-state index contributed by atoms with van der Waals surface area (Å²) in [5, 5.41) is 0. The maximum atomic E-state index is 12.3. The third-order valence-corrected chi connectivity index (χ3v) is 10.0. The third-order valence-electron chi connectivity index (χ3n) is 10.0. The van der Waals surface area contributed by atoms with Crippen LogP contribution in [0.3, 0.4) is 0 Å². The van der Waals surface area contributed by atoms with Crippen molar-refractivity contribution in [3.8, 4) is 23.1 Å². The fourth-order valence-corrected chi connectivity index (χ4v) is 7.14. The van der Waals surface area contributed by atoms with Gasteiger partial charge in [-0.1, -0.05) is 24.0 Å². The van der Waals surface area contributed by atoms with E-state index in [9.17, 15) is 9.59 Å². The number of likely N-dealkylation sites (tertiary alicyclic amines) is 2. The molecule has 2 aromatic heterocycles. The number of rotatable bonds is 3. The number of hydrogen-bond donors (Lipinski definition) is 2. The van der Waals surface area contributed by atoms with Crippen LogP contribution in [0.5, 0.6) is 0 Å². The highest BCUT2D eigenvalue weighted by atomic mass is 16.2. The third kappa shape index (κ3) is 4.39. The van der Waals surface area contributed by atoms with Crippen molar-refractivity contribution in [3.05, 3.63) is 71.4 Å². The van der Waals surface area contributed by atoms with E-state index < -0.39 is 0 Å². The SMILES string of the molecule is CC(=O)N1CC2(CC2)CC1c1nc2ccc(C#Cc3ccc(-c4cnc([C@@H]5CC6(CC6)CN5C(C)=O)[nH]4)cc3)cc2[nH]1. The van der Waals surface area contributed by atoms with Crippen molar-refractivity contribution >= 4 is 22.8 Å². The number of H-pyrrole nitrogens is 2. The molecule has 4 aliphatic rings. The van der Waals surface area contributed by atoms with E-state index in [1.165, 1.54) is 25.7 Å². The van der Waals surface area contributed by atoms with Crippen LogP contribution in [0.15, 0.2) is 48.7 Å². The summed E-state index contributed by atoms with van der Waals surface area (Å²) in [6, 6.07) is 14.3. The lowest BCUT2D eigenvalue weighted by Crippen LogP contribution is -2.29. The molecule has 2 saturated carbocycles. The monoisotopic (exact) mass is 558 g/mol. The molecule has 4 fully saturated rings. The van der Waals surface area contributed by atoms with Crippen molar-refractivity contribution in [1.29, 1.82) is 0 Å². The van der Waals surface area contributed by atoms with Gasteiger partial charge in [0.05, 0.1) is 35.0 Å². The van der Waals surface area contributed by atoms with Gasteiger partial charge in [0.2, 0.25) is 11.8 Å². The summed E-state index contributed by atoms with van der Waals surface area (Å²) < 4.78 is 0. The molecule has 2 spiro atoms. The quantitative estimate of drug-likeness (QED) is 0.325. The highest BCUT2D eigenvalue weighted by Crippen LogP contribution is 2.59. The topological polar surface area (TPSA) is 98.0 Å². The first-order valence-electron chi connectivity index (χ1n) is 15.0. The molecule has 2 aromatic carbocycles. The fraction of sp³-hybridized carbons (Fsp3) is 0.412. The average Bonchev–Trinajstić information content (AvgIpc) is 3.59. The van der Waals surface area contributed by atoms with Crippen molar-refractivity contribution in [3.63, 3.8) is 0 Å². The molecule has 2 saturated heterocycles. The van der Waals surface area contributed by atoms with E-state index in [1.54, 1.807) is 13.8 Å². The van der Waals surface area contributed by atoms with Gasteiger partial charge in [0.15, 0.2) is 0 Å². The number of amides is 2. The van der Waals surface area contributed by atoms with Crippen LogP contribution in [0.25, 0.3) is 22.3 Å². The predicted octanol–water partition coefficient (Wildman–Crippen LogP) is 5.50. The van der Waals surface area contributed by atoms with Crippen LogP contribution < -0.4 is 0 Å². The minimum Gasteiger partial charge on any atom is -0.340 e. The molecule has 4 heterocycles. The number of carbonyl (C=O) groups is 2. The van der Waals surface area contributed by atoms with E-state index in [2.05, 4.69) is 38.9 Å². The Morgan fingerprint density at radius 2 is 1.40 bits per heavy atom. The molecule has 2 amide bonds. The van der Waals surface area contributed by atoms with Crippen LogP contribution in [0.4, 0.5) is 0 Å². The van der Waals surface area contributed by atoms with E-state index in [4.69, 9.17) is 4.98 Å². The maximum absolute atomic E-state index is 12.3. The van der Waals surface area contributed by atoms with Crippen LogP contribution in [0, 0.1) is 22.7 Å². The summed E-state index contributed by atoms with van der Waals surface area (Å²) in [6.45, 7) is 5.02. The zero-order valence-corrected chi connectivity index (χ0v) is 24.0. The Labute approximate surface area is 244 Å². The lowest BCUT2D eigenvalue weighted by Gasteiger charge is -2.21. The standard InChI is InChI=1S/C34H34N6O2/c1-21(41)39-19-33(11-12-33)16-29(39)31-35-18-28(38-31)25-8-5-23(6-9-25)3-4-24-7-10-26-27(15-24)37-32(36-26)30-17-34(13-14-34)20-40(30)22(2)42/h5-10,15,18,29-30H,11-14,16-17,19-20H2,1-2H3,(H,35,38)(H,36,37)/t29-,30?/m0/s1. The zero-order chi connectivity index (χ0) is 28.6. The van der Waals surface area contributed by atoms with Crippen LogP contribution in [-0.4, -0.2) is 54.6 Å². The Kier molecular flexibility index (Phi) is 5.46. The molecule has 8 rings (SSSR count). The number of hydrogen-bond acceptors (Lipinski definition) is 4. The predicted molar refractivity (Wildman–Crippen MR) is 159 cm³/mol. The van der Waals surface area contributed by atoms with Gasteiger partial charge in [0, 0.05) is 38.1 Å². The van der Waals surface area contributed by atoms with Gasteiger partial charge in [-0.3, -0.25) is 9.59 Å². The number of carbonyl (C=O) groups excluding carboxylic acids is 2. The maximum Gasteiger partial charge on any atom is 0.220 e. The molecule has 0 bridgehead atoms. The molecule has 2 atom stereocenters. The zero-order valence-electron chi connectivity index (χ0n) is 24.0. The fourth-order valence-electron chi connectivity index (χ4n) is 7.14. The summed E-state index contributed by atoms with van der Waals surface area (Å²) in [7, 11) is 0. The van der Waals surface area contributed by atoms with E-state index in [1.807, 2.05) is 46.3 Å². The average molecular weight is 559 g/mol. The molecule has 4 aromatic rings. The largest absolute Gasteiger partial charge is 0.340 e. The van der Waals surface area contributed by atoms with Crippen molar-refractivity contribution < 1.29 is 9.59 Å². The second-order valence-electron chi connectivity index (χ2n) is 13.1. The van der Waals surface area contributed by atoms with Crippen LogP contribution >= 0.6 is 0 Å². The minimum absolute atomic E-state index is 0.0254. The highest BCUT2D eigenvalue weighted by molar-refractivity contribution is 5.78. The molecule has 8 heteroatoms. The smallest absolute Gasteiger partial charge is 0.220 e. The summed E-state index contributed by atoms with van der Waals surface area (Å²) in [4.78, 5) is 45.0. The molecule has 212 valence electrons. The van der Waals surface area contributed by atoms with E-state index >= 15 is 0 Å². The first-order chi connectivity index (χ1) is 20.3. The lowest BCUT2D eigenvalue weighted by atomic mass is 10.0. The van der Waals surface area contributed by atoms with Crippen molar-refractivity contribution in [1.82, 2.24) is 29.7 Å². The van der Waals surface area contributed by atoms with Gasteiger partial charge in [0.1, 0.15) is 11.6 Å². The minimum atomic E-state index is 0.0254. The van der Waals surface area contributed by atoms with E-state index in [0.717, 1.165) is 71.0 Å². The second kappa shape index (κ2) is 9.06. The first-order valence-corrected chi connectivity index (χ1v) is 15.0. The number of imidazole rings is 2. The highest BCUT2D eigenvalue weighted by Gasteiger charge is 2.54. The molecule has 2 N–H and O–H groups in total. The molecule has 0 radical (unpaired) electrons. The van der Waals surface area contributed by atoms with Gasteiger partial charge < -0.3 is 19.8 Å². The Balaban J connectivity index is 0.980. The van der Waals surface area contributed by atoms with Gasteiger partial charge in [0.25, 0.3) is 0 Å². The number of aromatic nitrogens is 4. The van der Waals surface area contributed by atoms with E-state index in [-0.39, 0.29) is 23.9 Å². The van der Waals surface area contributed by atoms with Crippen molar-refractivity contribution in [2.24, 2.45) is 10.8 Å². The van der Waals surface area contributed by atoms with Crippen LogP contribution in [0.1, 0.15) is 87.2 Å². The number of nitrogens with one attached hydrogen (secondary N) is 2. The van der Waals surface area contributed by atoms with Crippen LogP contribution in [0.2, 0.25) is 0 Å². The van der Waals surface area contributed by atoms with Gasteiger partial charge in [-0.25, -0.2) is 9.97 Å². The van der Waals surface area contributed by atoms with Gasteiger partial charge in [-0.05, 0) is 85.3 Å². The molecular weight excluding hydrogens is 524 g/mol. The summed E-state index contributed by atoms with van der Waals surface area (Å²) >= 11 is 0. The van der Waals surface area contributed by atoms with Crippen molar-refractivity contribution in [2.75, 3.05) is 13.1 Å². The summed E-state index contributed by atoms with van der Waals surface area (Å²) in [5.41, 5.74) is 6.30. The summed E-state index contributed by atoms with van der Waals surface area (Å²) in [6.07, 6.45) is 8.69. The molecule has 8 nitrogen and oxygen atoms in total. The molecule has 1 unspecified atom stereocenters. The Bertz CT molecular complexity index is 1800. The Morgan fingerprint density at radius 1 is 0.810 bits per heavy atom. The van der Waals surface area contributed by atoms with Gasteiger partial charge >= 0.3 is 0 Å². The van der Waals surface area contributed by atoms with E-state index in [0.29, 0.717) is 10.8 Å². The number of nitrogens with zero attached hydrogens (tertiary/aromatic N) is 4. The number of aromatic amines is 2. The Hall–Kier alpha value is -4.38. The number of benzene rings is 2.